The molecule has 0 aliphatic carbocycles. The molecule has 1 aliphatic rings. The van der Waals surface area contributed by atoms with Crippen molar-refractivity contribution < 1.29 is 4.74 Å². The van der Waals surface area contributed by atoms with E-state index in [0.29, 0.717) is 5.41 Å². The summed E-state index contributed by atoms with van der Waals surface area (Å²) < 4.78 is 5.24. The Balaban J connectivity index is 1.98. The molecular weight excluding hydrogens is 186 g/mol. The van der Waals surface area contributed by atoms with Crippen LogP contribution in [0.4, 0.5) is 5.69 Å². The van der Waals surface area contributed by atoms with Gasteiger partial charge in [-0.25, -0.2) is 0 Å². The molecule has 0 atom stereocenters. The fraction of sp³-hybridized carbons (Fsp3) is 0.538. The molecule has 2 nitrogen and oxygen atoms in total. The van der Waals surface area contributed by atoms with Gasteiger partial charge in [0.15, 0.2) is 0 Å². The zero-order chi connectivity index (χ0) is 10.7. The Labute approximate surface area is 91.6 Å². The van der Waals surface area contributed by atoms with Crippen LogP contribution in [-0.2, 0) is 11.2 Å². The van der Waals surface area contributed by atoms with Crippen LogP contribution >= 0.6 is 0 Å². The molecule has 1 heterocycles. The highest BCUT2D eigenvalue weighted by molar-refractivity contribution is 5.51. The van der Waals surface area contributed by atoms with Gasteiger partial charge < -0.3 is 10.1 Å². The molecule has 1 fully saturated rings. The number of nitrogens with one attached hydrogen (secondary N) is 1. The fourth-order valence-corrected chi connectivity index (χ4v) is 1.86. The van der Waals surface area contributed by atoms with E-state index in [0.717, 1.165) is 26.2 Å². The highest BCUT2D eigenvalue weighted by Gasteiger charge is 2.32. The molecule has 0 aromatic heterocycles. The second-order valence-electron chi connectivity index (χ2n) is 4.67. The first-order chi connectivity index (χ1) is 7.23. The summed E-state index contributed by atoms with van der Waals surface area (Å²) in [6.45, 7) is 7.22. The van der Waals surface area contributed by atoms with Crippen LogP contribution in [0.1, 0.15) is 19.4 Å². The third-order valence-electron chi connectivity index (χ3n) is 3.00. The van der Waals surface area contributed by atoms with Crippen LogP contribution in [0.5, 0.6) is 0 Å². The van der Waals surface area contributed by atoms with E-state index >= 15 is 0 Å². The summed E-state index contributed by atoms with van der Waals surface area (Å²) in [5.41, 5.74) is 3.00. The third kappa shape index (κ3) is 2.32. The lowest BCUT2D eigenvalue weighted by molar-refractivity contribution is -0.0924. The molecule has 1 aromatic carbocycles. The minimum atomic E-state index is 0.334. The van der Waals surface area contributed by atoms with Crippen LogP contribution in [0.25, 0.3) is 0 Å². The van der Waals surface area contributed by atoms with Crippen LogP contribution in [0.3, 0.4) is 0 Å². The molecule has 82 valence electrons. The van der Waals surface area contributed by atoms with E-state index in [-0.39, 0.29) is 0 Å². The molecule has 0 saturated carbocycles. The molecule has 1 N–H and O–H groups in total. The van der Waals surface area contributed by atoms with E-state index in [2.05, 4.69) is 43.4 Å². The van der Waals surface area contributed by atoms with Crippen molar-refractivity contribution in [3.05, 3.63) is 29.8 Å². The van der Waals surface area contributed by atoms with Gasteiger partial charge in [-0.3, -0.25) is 0 Å². The summed E-state index contributed by atoms with van der Waals surface area (Å²) in [6, 6.07) is 8.52. The van der Waals surface area contributed by atoms with Crippen LogP contribution in [0.15, 0.2) is 24.3 Å². The van der Waals surface area contributed by atoms with Gasteiger partial charge in [0.1, 0.15) is 0 Å². The lowest BCUT2D eigenvalue weighted by Crippen LogP contribution is -2.45. The minimum Gasteiger partial charge on any atom is -0.384 e. The van der Waals surface area contributed by atoms with Crippen molar-refractivity contribution in [1.29, 1.82) is 0 Å². The lowest BCUT2D eigenvalue weighted by atomic mass is 9.88. The molecule has 0 unspecified atom stereocenters. The zero-order valence-electron chi connectivity index (χ0n) is 9.55. The average Bonchev–Trinajstić information content (AvgIpc) is 2.24. The smallest absolute Gasteiger partial charge is 0.0559 e. The van der Waals surface area contributed by atoms with Crippen molar-refractivity contribution in [2.75, 3.05) is 25.1 Å². The summed E-state index contributed by atoms with van der Waals surface area (Å²) in [7, 11) is 0. The largest absolute Gasteiger partial charge is 0.384 e. The Morgan fingerprint density at radius 1 is 1.33 bits per heavy atom. The van der Waals surface area contributed by atoms with Gasteiger partial charge in [-0.15, -0.1) is 0 Å². The average molecular weight is 205 g/mol. The van der Waals surface area contributed by atoms with E-state index in [1.165, 1.54) is 11.3 Å². The molecule has 2 heteroatoms. The molecule has 2 rings (SSSR count). The first-order valence-corrected chi connectivity index (χ1v) is 5.63. The predicted molar refractivity (Wildman–Crippen MR) is 63.2 cm³/mol. The number of hydrogen-bond donors (Lipinski definition) is 1. The van der Waals surface area contributed by atoms with E-state index in [1.54, 1.807) is 0 Å². The Morgan fingerprint density at radius 3 is 2.67 bits per heavy atom. The summed E-state index contributed by atoms with van der Waals surface area (Å²) >= 11 is 0. The van der Waals surface area contributed by atoms with Gasteiger partial charge in [-0.05, 0) is 18.1 Å². The fourth-order valence-electron chi connectivity index (χ4n) is 1.86. The maximum atomic E-state index is 5.24. The SMILES string of the molecule is CCc1ccccc1NCC1(C)COC1. The number of para-hydroxylation sites is 1. The molecule has 0 radical (unpaired) electrons. The Morgan fingerprint density at radius 2 is 2.07 bits per heavy atom. The molecule has 1 aromatic rings. The Kier molecular flexibility index (Phi) is 2.96. The number of benzene rings is 1. The van der Waals surface area contributed by atoms with Gasteiger partial charge in [0, 0.05) is 17.6 Å². The maximum Gasteiger partial charge on any atom is 0.0559 e. The van der Waals surface area contributed by atoms with Crippen molar-refractivity contribution in [1.82, 2.24) is 0 Å². The predicted octanol–water partition coefficient (Wildman–Crippen LogP) is 2.70. The number of aryl methyl sites for hydroxylation is 1. The maximum absolute atomic E-state index is 5.24. The zero-order valence-corrected chi connectivity index (χ0v) is 9.55. The Hall–Kier alpha value is -1.02. The molecule has 1 saturated heterocycles. The van der Waals surface area contributed by atoms with Gasteiger partial charge in [0.25, 0.3) is 0 Å². The molecule has 15 heavy (non-hydrogen) atoms. The van der Waals surface area contributed by atoms with Gasteiger partial charge in [0.2, 0.25) is 0 Å². The monoisotopic (exact) mass is 205 g/mol. The molecule has 1 aliphatic heterocycles. The van der Waals surface area contributed by atoms with Crippen LogP contribution < -0.4 is 5.32 Å². The first kappa shape index (κ1) is 10.5. The highest BCUT2D eigenvalue weighted by atomic mass is 16.5. The summed E-state index contributed by atoms with van der Waals surface area (Å²) in [5, 5.41) is 3.53. The third-order valence-corrected chi connectivity index (χ3v) is 3.00. The Bertz CT molecular complexity index is 331. The van der Waals surface area contributed by atoms with Crippen molar-refractivity contribution in [2.24, 2.45) is 5.41 Å². The van der Waals surface area contributed by atoms with Crippen molar-refractivity contribution >= 4 is 5.69 Å². The summed E-state index contributed by atoms with van der Waals surface area (Å²) in [4.78, 5) is 0. The van der Waals surface area contributed by atoms with Gasteiger partial charge in [0.05, 0.1) is 13.2 Å². The van der Waals surface area contributed by atoms with E-state index in [1.807, 2.05) is 0 Å². The summed E-state index contributed by atoms with van der Waals surface area (Å²) in [5.74, 6) is 0. The normalized spacial score (nSPS) is 18.3. The van der Waals surface area contributed by atoms with Crippen LogP contribution in [0.2, 0.25) is 0 Å². The summed E-state index contributed by atoms with van der Waals surface area (Å²) in [6.07, 6.45) is 1.08. The number of hydrogen-bond acceptors (Lipinski definition) is 2. The van der Waals surface area contributed by atoms with Crippen LogP contribution in [-0.4, -0.2) is 19.8 Å². The first-order valence-electron chi connectivity index (χ1n) is 5.63. The highest BCUT2D eigenvalue weighted by Crippen LogP contribution is 2.27. The van der Waals surface area contributed by atoms with Crippen molar-refractivity contribution in [2.45, 2.75) is 20.3 Å². The molecular formula is C13H19NO. The lowest BCUT2D eigenvalue weighted by Gasteiger charge is -2.38. The number of rotatable bonds is 4. The minimum absolute atomic E-state index is 0.334. The molecule has 0 spiro atoms. The number of anilines is 1. The van der Waals surface area contributed by atoms with Gasteiger partial charge in [-0.1, -0.05) is 32.0 Å². The molecule has 0 bridgehead atoms. The second-order valence-corrected chi connectivity index (χ2v) is 4.67. The van der Waals surface area contributed by atoms with Gasteiger partial charge in [-0.2, -0.15) is 0 Å². The quantitative estimate of drug-likeness (QED) is 0.816. The standard InChI is InChI=1S/C13H19NO/c1-3-11-6-4-5-7-12(11)14-8-13(2)9-15-10-13/h4-7,14H,3,8-10H2,1-2H3. The number of ether oxygens (including phenoxy) is 1. The van der Waals surface area contributed by atoms with Gasteiger partial charge >= 0.3 is 0 Å². The van der Waals surface area contributed by atoms with E-state index in [4.69, 9.17) is 4.74 Å². The van der Waals surface area contributed by atoms with Crippen molar-refractivity contribution in [3.63, 3.8) is 0 Å². The van der Waals surface area contributed by atoms with Crippen LogP contribution in [0, 0.1) is 5.41 Å². The van der Waals surface area contributed by atoms with E-state index in [9.17, 15) is 0 Å². The van der Waals surface area contributed by atoms with E-state index < -0.39 is 0 Å². The second kappa shape index (κ2) is 4.23. The van der Waals surface area contributed by atoms with Crippen molar-refractivity contribution in [3.8, 4) is 0 Å². The topological polar surface area (TPSA) is 21.3 Å². The molecule has 0 amide bonds.